The first-order valence-electron chi connectivity index (χ1n) is 6.57. The average Bonchev–Trinajstić information content (AvgIpc) is 2.63. The zero-order valence-corrected chi connectivity index (χ0v) is 11.1. The number of halogens is 4. The number of alkyl halides is 4. The van der Waals surface area contributed by atoms with Crippen molar-refractivity contribution in [3.05, 3.63) is 11.6 Å². The molecule has 0 saturated carbocycles. The summed E-state index contributed by atoms with van der Waals surface area (Å²) in [6.45, 7) is -1.25. The van der Waals surface area contributed by atoms with E-state index in [1.54, 1.807) is 7.05 Å². The van der Waals surface area contributed by atoms with Crippen LogP contribution in [-0.4, -0.2) is 38.7 Å². The van der Waals surface area contributed by atoms with Crippen molar-refractivity contribution in [1.29, 1.82) is 0 Å². The molecule has 1 aliphatic rings. The summed E-state index contributed by atoms with van der Waals surface area (Å²) in [5, 5.41) is 2.99. The van der Waals surface area contributed by atoms with Crippen LogP contribution in [-0.2, 0) is 4.74 Å². The van der Waals surface area contributed by atoms with Crippen LogP contribution >= 0.6 is 0 Å². The molecule has 6 heteroatoms. The quantitative estimate of drug-likeness (QED) is 0.571. The summed E-state index contributed by atoms with van der Waals surface area (Å²) in [5.74, 6) is -4.07. The van der Waals surface area contributed by atoms with E-state index in [0.29, 0.717) is 0 Å². The molecule has 1 aliphatic carbocycles. The molecule has 0 fully saturated rings. The van der Waals surface area contributed by atoms with Gasteiger partial charge in [0.25, 0.3) is 0 Å². The van der Waals surface area contributed by atoms with E-state index in [0.717, 1.165) is 37.7 Å². The Labute approximate surface area is 111 Å². The number of likely N-dealkylation sites (N-methyl/N-ethyl adjacent to an activating group) is 1. The predicted molar refractivity (Wildman–Crippen MR) is 65.8 cm³/mol. The molecule has 1 N–H and O–H groups in total. The molecule has 2 nitrogen and oxygen atoms in total. The van der Waals surface area contributed by atoms with Crippen molar-refractivity contribution >= 4 is 0 Å². The van der Waals surface area contributed by atoms with Gasteiger partial charge < -0.3 is 10.1 Å². The molecule has 0 saturated heterocycles. The predicted octanol–water partition coefficient (Wildman–Crippen LogP) is 3.38. The van der Waals surface area contributed by atoms with Crippen molar-refractivity contribution in [2.24, 2.45) is 0 Å². The second-order valence-corrected chi connectivity index (χ2v) is 4.80. The van der Waals surface area contributed by atoms with Gasteiger partial charge >= 0.3 is 12.3 Å². The second-order valence-electron chi connectivity index (χ2n) is 4.80. The standard InChI is InChI=1S/C13H21F4NO/c1-18-11(10-6-4-2-3-5-7-10)8-19-9-13(16,17)12(14)15/h6,11-12,18H,2-5,7-9H2,1H3. The highest BCUT2D eigenvalue weighted by atomic mass is 19.3. The maximum absolute atomic E-state index is 12.7. The van der Waals surface area contributed by atoms with Gasteiger partial charge in [-0.15, -0.1) is 0 Å². The van der Waals surface area contributed by atoms with Crippen molar-refractivity contribution in [1.82, 2.24) is 5.32 Å². The first kappa shape index (κ1) is 16.4. The van der Waals surface area contributed by atoms with Gasteiger partial charge in [-0.2, -0.15) is 8.78 Å². The molecular formula is C13H21F4NO. The molecule has 0 aromatic carbocycles. The van der Waals surface area contributed by atoms with Crippen molar-refractivity contribution < 1.29 is 22.3 Å². The van der Waals surface area contributed by atoms with Crippen LogP contribution in [0.25, 0.3) is 0 Å². The Morgan fingerprint density at radius 1 is 1.32 bits per heavy atom. The Morgan fingerprint density at radius 2 is 2.05 bits per heavy atom. The minimum atomic E-state index is -4.07. The summed E-state index contributed by atoms with van der Waals surface area (Å²) in [5.41, 5.74) is 1.13. The summed E-state index contributed by atoms with van der Waals surface area (Å²) in [7, 11) is 1.71. The molecule has 1 unspecified atom stereocenters. The lowest BCUT2D eigenvalue weighted by atomic mass is 10.0. The van der Waals surface area contributed by atoms with E-state index in [4.69, 9.17) is 4.74 Å². The summed E-state index contributed by atoms with van der Waals surface area (Å²) in [6.07, 6.45) is 3.64. The highest BCUT2D eigenvalue weighted by Gasteiger charge is 2.41. The SMILES string of the molecule is CNC(COCC(F)(F)C(F)F)C1=CCCCCC1. The molecular weight excluding hydrogens is 262 g/mol. The Hall–Kier alpha value is -0.620. The smallest absolute Gasteiger partial charge is 0.330 e. The number of hydrogen-bond acceptors (Lipinski definition) is 2. The van der Waals surface area contributed by atoms with Gasteiger partial charge in [0.2, 0.25) is 0 Å². The zero-order valence-electron chi connectivity index (χ0n) is 11.1. The molecule has 0 spiro atoms. The van der Waals surface area contributed by atoms with E-state index in [1.807, 2.05) is 0 Å². The van der Waals surface area contributed by atoms with Gasteiger partial charge in [0, 0.05) is 0 Å². The molecule has 0 radical (unpaired) electrons. The molecule has 0 aromatic heterocycles. The Kier molecular flexibility index (Phi) is 6.79. The highest BCUT2D eigenvalue weighted by molar-refractivity contribution is 5.12. The van der Waals surface area contributed by atoms with Gasteiger partial charge in [0.15, 0.2) is 0 Å². The first-order chi connectivity index (χ1) is 8.97. The van der Waals surface area contributed by atoms with Crippen LogP contribution < -0.4 is 5.32 Å². The minimum Gasteiger partial charge on any atom is -0.373 e. The Morgan fingerprint density at radius 3 is 2.68 bits per heavy atom. The molecule has 1 atom stereocenters. The molecule has 0 heterocycles. The number of rotatable bonds is 7. The van der Waals surface area contributed by atoms with Crippen molar-refractivity contribution in [2.75, 3.05) is 20.3 Å². The maximum atomic E-state index is 12.7. The van der Waals surface area contributed by atoms with E-state index >= 15 is 0 Å². The van der Waals surface area contributed by atoms with Crippen LogP contribution in [0, 0.1) is 0 Å². The van der Waals surface area contributed by atoms with Gasteiger partial charge in [-0.05, 0) is 32.7 Å². The molecule has 0 amide bonds. The summed E-state index contributed by atoms with van der Waals surface area (Å²) >= 11 is 0. The number of allylic oxidation sites excluding steroid dienone is 1. The van der Waals surface area contributed by atoms with Crippen molar-refractivity contribution in [3.63, 3.8) is 0 Å². The Bertz CT molecular complexity index is 294. The molecule has 0 aromatic rings. The average molecular weight is 283 g/mol. The summed E-state index contributed by atoms with van der Waals surface area (Å²) in [6, 6.07) is -0.174. The summed E-state index contributed by atoms with van der Waals surface area (Å²) in [4.78, 5) is 0. The molecule has 0 bridgehead atoms. The van der Waals surface area contributed by atoms with Crippen LogP contribution in [0.4, 0.5) is 17.6 Å². The monoisotopic (exact) mass is 283 g/mol. The second kappa shape index (κ2) is 7.85. The lowest BCUT2D eigenvalue weighted by Crippen LogP contribution is -2.37. The topological polar surface area (TPSA) is 21.3 Å². The molecule has 112 valence electrons. The van der Waals surface area contributed by atoms with E-state index in [1.165, 1.54) is 0 Å². The van der Waals surface area contributed by atoms with E-state index in [-0.39, 0.29) is 12.6 Å². The molecule has 1 rings (SSSR count). The summed E-state index contributed by atoms with van der Waals surface area (Å²) < 4.78 is 54.1. The fourth-order valence-corrected chi connectivity index (χ4v) is 2.11. The van der Waals surface area contributed by atoms with Crippen LogP contribution in [0.1, 0.15) is 32.1 Å². The van der Waals surface area contributed by atoms with Crippen molar-refractivity contribution in [3.8, 4) is 0 Å². The van der Waals surface area contributed by atoms with E-state index < -0.39 is 19.0 Å². The fourth-order valence-electron chi connectivity index (χ4n) is 2.11. The third kappa shape index (κ3) is 5.48. The van der Waals surface area contributed by atoms with Crippen LogP contribution in [0.2, 0.25) is 0 Å². The van der Waals surface area contributed by atoms with Crippen LogP contribution in [0.5, 0.6) is 0 Å². The van der Waals surface area contributed by atoms with Gasteiger partial charge in [0.1, 0.15) is 6.61 Å². The third-order valence-electron chi connectivity index (χ3n) is 3.27. The number of nitrogens with one attached hydrogen (secondary N) is 1. The Balaban J connectivity index is 2.42. The lowest BCUT2D eigenvalue weighted by Gasteiger charge is -2.21. The maximum Gasteiger partial charge on any atom is 0.330 e. The largest absolute Gasteiger partial charge is 0.373 e. The zero-order chi connectivity index (χ0) is 14.3. The first-order valence-corrected chi connectivity index (χ1v) is 6.57. The van der Waals surface area contributed by atoms with E-state index in [2.05, 4.69) is 11.4 Å². The van der Waals surface area contributed by atoms with Gasteiger partial charge in [-0.3, -0.25) is 0 Å². The van der Waals surface area contributed by atoms with Gasteiger partial charge in [0.05, 0.1) is 12.6 Å². The van der Waals surface area contributed by atoms with Gasteiger partial charge in [-0.1, -0.05) is 18.1 Å². The minimum absolute atomic E-state index is 0.00928. The van der Waals surface area contributed by atoms with Gasteiger partial charge in [-0.25, -0.2) is 8.78 Å². The number of hydrogen-bond donors (Lipinski definition) is 1. The molecule has 19 heavy (non-hydrogen) atoms. The van der Waals surface area contributed by atoms with Crippen LogP contribution in [0.15, 0.2) is 11.6 Å². The normalized spacial score (nSPS) is 19.2. The van der Waals surface area contributed by atoms with Crippen LogP contribution in [0.3, 0.4) is 0 Å². The number of ether oxygens (including phenoxy) is 1. The fraction of sp³-hybridized carbons (Fsp3) is 0.846. The van der Waals surface area contributed by atoms with Crippen molar-refractivity contribution in [2.45, 2.75) is 50.5 Å². The van der Waals surface area contributed by atoms with E-state index in [9.17, 15) is 17.6 Å². The highest BCUT2D eigenvalue weighted by Crippen LogP contribution is 2.24. The lowest BCUT2D eigenvalue weighted by molar-refractivity contribution is -0.166. The molecule has 0 aliphatic heterocycles. The third-order valence-corrected chi connectivity index (χ3v) is 3.27.